The number of carbonyl (C=O) groups excluding carboxylic acids is 2. The second-order valence-corrected chi connectivity index (χ2v) is 6.70. The van der Waals surface area contributed by atoms with Crippen LogP contribution in [0.3, 0.4) is 0 Å². The third-order valence-electron chi connectivity index (χ3n) is 3.49. The molecule has 6 nitrogen and oxygen atoms in total. The molecule has 1 heterocycles. The summed E-state index contributed by atoms with van der Waals surface area (Å²) in [5, 5.41) is 5.37. The van der Waals surface area contributed by atoms with Crippen LogP contribution in [0.5, 0.6) is 5.75 Å². The Balaban J connectivity index is 1.56. The van der Waals surface area contributed by atoms with Crippen molar-refractivity contribution in [1.29, 1.82) is 0 Å². The van der Waals surface area contributed by atoms with E-state index in [4.69, 9.17) is 21.1 Å². The molecule has 3 rings (SSSR count). The van der Waals surface area contributed by atoms with Gasteiger partial charge in [0.05, 0.1) is 7.11 Å². The quantitative estimate of drug-likeness (QED) is 0.623. The number of hydrogen-bond donors (Lipinski definition) is 1. The molecule has 1 aromatic heterocycles. The molecule has 0 radical (unpaired) electrons. The molecule has 0 atom stereocenters. The van der Waals surface area contributed by atoms with E-state index in [1.54, 1.807) is 36.8 Å². The molecular formula is C19H15ClN2O4S. The summed E-state index contributed by atoms with van der Waals surface area (Å²) in [5.74, 6) is -0.385. The normalized spacial score (nSPS) is 10.3. The zero-order chi connectivity index (χ0) is 19.2. The maximum absolute atomic E-state index is 12.1. The van der Waals surface area contributed by atoms with E-state index in [0.29, 0.717) is 15.7 Å². The van der Waals surface area contributed by atoms with Crippen LogP contribution in [-0.4, -0.2) is 30.6 Å². The monoisotopic (exact) mass is 402 g/mol. The predicted octanol–water partition coefficient (Wildman–Crippen LogP) is 4.27. The standard InChI is InChI=1S/C19H15ClN2O4S/c1-25-15-7-5-12(6-8-15)18-22-16(11-27-18)19(24)26-10-17(23)21-14-4-2-3-13(20)9-14/h2-9,11H,10H2,1H3,(H,21,23). The van der Waals surface area contributed by atoms with Gasteiger partial charge in [-0.25, -0.2) is 9.78 Å². The lowest BCUT2D eigenvalue weighted by atomic mass is 10.2. The number of esters is 1. The number of thiazole rings is 1. The number of nitrogens with zero attached hydrogens (tertiary/aromatic N) is 1. The molecule has 0 spiro atoms. The number of rotatable bonds is 6. The van der Waals surface area contributed by atoms with E-state index in [1.165, 1.54) is 11.3 Å². The van der Waals surface area contributed by atoms with E-state index < -0.39 is 18.5 Å². The average molecular weight is 403 g/mol. The van der Waals surface area contributed by atoms with Crippen LogP contribution in [0.4, 0.5) is 5.69 Å². The fourth-order valence-corrected chi connectivity index (χ4v) is 3.19. The van der Waals surface area contributed by atoms with Crippen molar-refractivity contribution < 1.29 is 19.1 Å². The first-order valence-electron chi connectivity index (χ1n) is 7.87. The highest BCUT2D eigenvalue weighted by molar-refractivity contribution is 7.13. The Morgan fingerprint density at radius 2 is 1.96 bits per heavy atom. The largest absolute Gasteiger partial charge is 0.497 e. The summed E-state index contributed by atoms with van der Waals surface area (Å²) < 4.78 is 10.1. The Morgan fingerprint density at radius 3 is 2.67 bits per heavy atom. The van der Waals surface area contributed by atoms with Crippen LogP contribution in [0.25, 0.3) is 10.6 Å². The fourth-order valence-electron chi connectivity index (χ4n) is 2.20. The van der Waals surface area contributed by atoms with Gasteiger partial charge in [-0.1, -0.05) is 17.7 Å². The molecule has 0 bridgehead atoms. The minimum absolute atomic E-state index is 0.154. The molecule has 27 heavy (non-hydrogen) atoms. The zero-order valence-electron chi connectivity index (χ0n) is 14.3. The fraction of sp³-hybridized carbons (Fsp3) is 0.105. The molecule has 0 unspecified atom stereocenters. The van der Waals surface area contributed by atoms with E-state index in [1.807, 2.05) is 24.3 Å². The molecule has 0 fully saturated rings. The number of amides is 1. The third-order valence-corrected chi connectivity index (χ3v) is 4.62. The van der Waals surface area contributed by atoms with Crippen molar-refractivity contribution in [3.8, 4) is 16.3 Å². The third kappa shape index (κ3) is 5.06. The van der Waals surface area contributed by atoms with Gasteiger partial charge >= 0.3 is 5.97 Å². The molecular weight excluding hydrogens is 388 g/mol. The maximum atomic E-state index is 12.1. The second-order valence-electron chi connectivity index (χ2n) is 5.40. The summed E-state index contributed by atoms with van der Waals surface area (Å²) in [6.07, 6.45) is 0. The second kappa shape index (κ2) is 8.66. The number of aromatic nitrogens is 1. The van der Waals surface area contributed by atoms with Crippen molar-refractivity contribution in [2.75, 3.05) is 19.0 Å². The number of nitrogens with one attached hydrogen (secondary N) is 1. The molecule has 0 saturated heterocycles. The first kappa shape index (κ1) is 18.9. The Kier molecular flexibility index (Phi) is 6.05. The predicted molar refractivity (Wildman–Crippen MR) is 104 cm³/mol. The SMILES string of the molecule is COc1ccc(-c2nc(C(=O)OCC(=O)Nc3cccc(Cl)c3)cs2)cc1. The van der Waals surface area contributed by atoms with Gasteiger partial charge in [0, 0.05) is 21.7 Å². The number of methoxy groups -OCH3 is 1. The van der Waals surface area contributed by atoms with Crippen LogP contribution in [0, 0.1) is 0 Å². The summed E-state index contributed by atoms with van der Waals surface area (Å²) in [4.78, 5) is 28.3. The lowest BCUT2D eigenvalue weighted by molar-refractivity contribution is -0.119. The molecule has 138 valence electrons. The van der Waals surface area contributed by atoms with E-state index in [-0.39, 0.29) is 5.69 Å². The van der Waals surface area contributed by atoms with Gasteiger partial charge in [0.25, 0.3) is 5.91 Å². The Hall–Kier alpha value is -2.90. The van der Waals surface area contributed by atoms with Gasteiger partial charge in [-0.2, -0.15) is 0 Å². The molecule has 0 aliphatic rings. The molecule has 0 aliphatic heterocycles. The molecule has 2 aromatic carbocycles. The van der Waals surface area contributed by atoms with Gasteiger partial charge in [0.1, 0.15) is 10.8 Å². The van der Waals surface area contributed by atoms with Crippen molar-refractivity contribution in [2.45, 2.75) is 0 Å². The van der Waals surface area contributed by atoms with Crippen LogP contribution >= 0.6 is 22.9 Å². The van der Waals surface area contributed by atoms with Crippen LogP contribution in [0.1, 0.15) is 10.5 Å². The number of benzene rings is 2. The smallest absolute Gasteiger partial charge is 0.358 e. The highest BCUT2D eigenvalue weighted by atomic mass is 35.5. The average Bonchev–Trinajstić information content (AvgIpc) is 3.16. The Morgan fingerprint density at radius 1 is 1.19 bits per heavy atom. The lowest BCUT2D eigenvalue weighted by Crippen LogP contribution is -2.21. The zero-order valence-corrected chi connectivity index (χ0v) is 15.8. The van der Waals surface area contributed by atoms with Crippen molar-refractivity contribution in [3.63, 3.8) is 0 Å². The molecule has 8 heteroatoms. The van der Waals surface area contributed by atoms with Crippen molar-refractivity contribution in [1.82, 2.24) is 4.98 Å². The lowest BCUT2D eigenvalue weighted by Gasteiger charge is -2.06. The minimum Gasteiger partial charge on any atom is -0.497 e. The van der Waals surface area contributed by atoms with Crippen LogP contribution in [0.15, 0.2) is 53.9 Å². The molecule has 0 aliphatic carbocycles. The van der Waals surface area contributed by atoms with Gasteiger partial charge in [0.15, 0.2) is 12.3 Å². The summed E-state index contributed by atoms with van der Waals surface area (Å²) in [6, 6.07) is 14.0. The van der Waals surface area contributed by atoms with Gasteiger partial charge < -0.3 is 14.8 Å². The topological polar surface area (TPSA) is 77.5 Å². The van der Waals surface area contributed by atoms with E-state index >= 15 is 0 Å². The van der Waals surface area contributed by atoms with Crippen LogP contribution < -0.4 is 10.1 Å². The van der Waals surface area contributed by atoms with Gasteiger partial charge in [0.2, 0.25) is 0 Å². The number of anilines is 1. The Labute approximate surface area is 164 Å². The number of carbonyl (C=O) groups is 2. The Bertz CT molecular complexity index is 956. The first-order chi connectivity index (χ1) is 13.0. The van der Waals surface area contributed by atoms with E-state index in [2.05, 4.69) is 10.3 Å². The first-order valence-corrected chi connectivity index (χ1v) is 9.13. The molecule has 3 aromatic rings. The van der Waals surface area contributed by atoms with Gasteiger partial charge in [-0.3, -0.25) is 4.79 Å². The molecule has 0 saturated carbocycles. The number of ether oxygens (including phenoxy) is 2. The van der Waals surface area contributed by atoms with Crippen LogP contribution in [0.2, 0.25) is 5.02 Å². The summed E-state index contributed by atoms with van der Waals surface area (Å²) >= 11 is 7.17. The summed E-state index contributed by atoms with van der Waals surface area (Å²) in [7, 11) is 1.59. The van der Waals surface area contributed by atoms with Crippen molar-refractivity contribution >= 4 is 40.5 Å². The van der Waals surface area contributed by atoms with Crippen LogP contribution in [-0.2, 0) is 9.53 Å². The minimum atomic E-state index is -0.660. The van der Waals surface area contributed by atoms with Gasteiger partial charge in [-0.05, 0) is 42.5 Å². The van der Waals surface area contributed by atoms with E-state index in [9.17, 15) is 9.59 Å². The molecule has 1 amide bonds. The number of hydrogen-bond acceptors (Lipinski definition) is 6. The van der Waals surface area contributed by atoms with Crippen molar-refractivity contribution in [3.05, 3.63) is 64.6 Å². The number of halogens is 1. The highest BCUT2D eigenvalue weighted by Gasteiger charge is 2.15. The summed E-state index contributed by atoms with van der Waals surface area (Å²) in [5.41, 5.74) is 1.54. The van der Waals surface area contributed by atoms with Crippen molar-refractivity contribution in [2.24, 2.45) is 0 Å². The summed E-state index contributed by atoms with van der Waals surface area (Å²) in [6.45, 7) is -0.416. The van der Waals surface area contributed by atoms with E-state index in [0.717, 1.165) is 11.3 Å². The van der Waals surface area contributed by atoms with Gasteiger partial charge in [-0.15, -0.1) is 11.3 Å². The maximum Gasteiger partial charge on any atom is 0.358 e. The molecule has 1 N–H and O–H groups in total. The highest BCUT2D eigenvalue weighted by Crippen LogP contribution is 2.26.